The minimum absolute atomic E-state index is 0.298. The maximum Gasteiger partial charge on any atom is 0.291 e. The summed E-state index contributed by atoms with van der Waals surface area (Å²) < 4.78 is 11.9. The Bertz CT molecular complexity index is 664. The molecule has 7 heteroatoms. The van der Waals surface area contributed by atoms with Gasteiger partial charge in [-0.05, 0) is 24.3 Å². The molecule has 7 nitrogen and oxygen atoms in total. The molecule has 0 aliphatic heterocycles. The second-order valence-corrected chi connectivity index (χ2v) is 4.18. The molecule has 0 aliphatic rings. The van der Waals surface area contributed by atoms with Crippen molar-refractivity contribution in [2.45, 2.75) is 0 Å². The summed E-state index contributed by atoms with van der Waals surface area (Å²) in [6, 6.07) is 6.91. The topological polar surface area (TPSA) is 77.7 Å². The van der Waals surface area contributed by atoms with E-state index in [2.05, 4.69) is 15.6 Å². The Morgan fingerprint density at radius 3 is 2.76 bits per heavy atom. The van der Waals surface area contributed by atoms with Gasteiger partial charge in [0, 0.05) is 18.8 Å². The zero-order valence-corrected chi connectivity index (χ0v) is 12.0. The van der Waals surface area contributed by atoms with E-state index in [1.54, 1.807) is 56.4 Å². The molecule has 1 aromatic heterocycles. The van der Waals surface area contributed by atoms with Gasteiger partial charge in [0.15, 0.2) is 5.69 Å². The van der Waals surface area contributed by atoms with Gasteiger partial charge in [-0.3, -0.25) is 9.48 Å². The molecular weight excluding hydrogens is 272 g/mol. The molecular formula is C14H16N4O3. The molecule has 0 aliphatic carbocycles. The Labute approximate surface area is 122 Å². The molecule has 0 spiro atoms. The SMILES string of the molecule is COc1ccc(OC)c(/C=N\NC(=O)c2ccn(C)n2)c1. The first kappa shape index (κ1) is 14.6. The van der Waals surface area contributed by atoms with E-state index in [0.717, 1.165) is 0 Å². The van der Waals surface area contributed by atoms with Crippen molar-refractivity contribution in [1.29, 1.82) is 0 Å². The van der Waals surface area contributed by atoms with E-state index >= 15 is 0 Å². The Kier molecular flexibility index (Phi) is 4.55. The van der Waals surface area contributed by atoms with E-state index in [9.17, 15) is 4.79 Å². The molecule has 21 heavy (non-hydrogen) atoms. The number of rotatable bonds is 5. The predicted octanol–water partition coefficient (Wildman–Crippen LogP) is 1.20. The van der Waals surface area contributed by atoms with Crippen molar-refractivity contribution in [3.05, 3.63) is 41.7 Å². The second-order valence-electron chi connectivity index (χ2n) is 4.18. The zero-order chi connectivity index (χ0) is 15.2. The lowest BCUT2D eigenvalue weighted by Gasteiger charge is -2.06. The number of ether oxygens (including phenoxy) is 2. The van der Waals surface area contributed by atoms with E-state index in [0.29, 0.717) is 22.8 Å². The van der Waals surface area contributed by atoms with Crippen molar-refractivity contribution >= 4 is 12.1 Å². The number of nitrogens with zero attached hydrogens (tertiary/aromatic N) is 3. The van der Waals surface area contributed by atoms with Crippen molar-refractivity contribution in [3.8, 4) is 11.5 Å². The van der Waals surface area contributed by atoms with Crippen LogP contribution in [0.15, 0.2) is 35.6 Å². The van der Waals surface area contributed by atoms with E-state index in [4.69, 9.17) is 9.47 Å². The van der Waals surface area contributed by atoms with Gasteiger partial charge in [0.1, 0.15) is 11.5 Å². The fourth-order valence-electron chi connectivity index (χ4n) is 1.69. The fraction of sp³-hybridized carbons (Fsp3) is 0.214. The van der Waals surface area contributed by atoms with Crippen LogP contribution in [0, 0.1) is 0 Å². The van der Waals surface area contributed by atoms with Crippen LogP contribution in [-0.4, -0.2) is 36.1 Å². The lowest BCUT2D eigenvalue weighted by molar-refractivity contribution is 0.0949. The molecule has 2 aromatic rings. The third-order valence-corrected chi connectivity index (χ3v) is 2.75. The average Bonchev–Trinajstić information content (AvgIpc) is 2.93. The van der Waals surface area contributed by atoms with Gasteiger partial charge >= 0.3 is 0 Å². The molecule has 0 saturated carbocycles. The molecule has 1 amide bonds. The van der Waals surface area contributed by atoms with Crippen molar-refractivity contribution < 1.29 is 14.3 Å². The van der Waals surface area contributed by atoms with Crippen LogP contribution >= 0.6 is 0 Å². The van der Waals surface area contributed by atoms with Crippen LogP contribution in [0.1, 0.15) is 16.1 Å². The Morgan fingerprint density at radius 1 is 1.33 bits per heavy atom. The number of benzene rings is 1. The van der Waals surface area contributed by atoms with Crippen LogP contribution in [0.2, 0.25) is 0 Å². The number of aromatic nitrogens is 2. The molecule has 0 radical (unpaired) electrons. The molecule has 1 aromatic carbocycles. The van der Waals surface area contributed by atoms with Gasteiger partial charge in [0.2, 0.25) is 0 Å². The highest BCUT2D eigenvalue weighted by Gasteiger charge is 2.07. The first-order valence-corrected chi connectivity index (χ1v) is 6.19. The lowest BCUT2D eigenvalue weighted by atomic mass is 10.2. The number of amides is 1. The molecule has 110 valence electrons. The number of nitrogens with one attached hydrogen (secondary N) is 1. The molecule has 2 rings (SSSR count). The number of hydrazone groups is 1. The first-order valence-electron chi connectivity index (χ1n) is 6.19. The van der Waals surface area contributed by atoms with Crippen LogP contribution in [0.5, 0.6) is 11.5 Å². The van der Waals surface area contributed by atoms with Crippen LogP contribution in [0.4, 0.5) is 0 Å². The third-order valence-electron chi connectivity index (χ3n) is 2.75. The predicted molar refractivity (Wildman–Crippen MR) is 77.8 cm³/mol. The van der Waals surface area contributed by atoms with Crippen molar-refractivity contribution in [3.63, 3.8) is 0 Å². The van der Waals surface area contributed by atoms with Gasteiger partial charge in [-0.1, -0.05) is 0 Å². The Morgan fingerprint density at radius 2 is 2.14 bits per heavy atom. The zero-order valence-electron chi connectivity index (χ0n) is 12.0. The minimum atomic E-state index is -0.381. The summed E-state index contributed by atoms with van der Waals surface area (Å²) in [4.78, 5) is 11.8. The van der Waals surface area contributed by atoms with Gasteiger partial charge in [-0.15, -0.1) is 0 Å². The highest BCUT2D eigenvalue weighted by Crippen LogP contribution is 2.22. The van der Waals surface area contributed by atoms with Crippen LogP contribution < -0.4 is 14.9 Å². The molecule has 1 N–H and O–H groups in total. The van der Waals surface area contributed by atoms with Crippen LogP contribution in [0.25, 0.3) is 0 Å². The smallest absolute Gasteiger partial charge is 0.291 e. The molecule has 0 atom stereocenters. The number of hydrogen-bond acceptors (Lipinski definition) is 5. The van der Waals surface area contributed by atoms with Crippen LogP contribution in [0.3, 0.4) is 0 Å². The lowest BCUT2D eigenvalue weighted by Crippen LogP contribution is -2.18. The number of methoxy groups -OCH3 is 2. The Hall–Kier alpha value is -2.83. The second kappa shape index (κ2) is 6.56. The van der Waals surface area contributed by atoms with Crippen molar-refractivity contribution in [2.24, 2.45) is 12.1 Å². The number of hydrogen-bond donors (Lipinski definition) is 1. The largest absolute Gasteiger partial charge is 0.497 e. The van der Waals surface area contributed by atoms with Gasteiger partial charge in [-0.25, -0.2) is 5.43 Å². The monoisotopic (exact) mass is 288 g/mol. The highest BCUT2D eigenvalue weighted by atomic mass is 16.5. The summed E-state index contributed by atoms with van der Waals surface area (Å²) in [5.74, 6) is 0.925. The summed E-state index contributed by atoms with van der Waals surface area (Å²) in [5, 5.41) is 7.89. The summed E-state index contributed by atoms with van der Waals surface area (Å²) in [7, 11) is 4.87. The van der Waals surface area contributed by atoms with E-state index in [1.165, 1.54) is 6.21 Å². The van der Waals surface area contributed by atoms with Crippen molar-refractivity contribution in [2.75, 3.05) is 14.2 Å². The van der Waals surface area contributed by atoms with Crippen LogP contribution in [-0.2, 0) is 7.05 Å². The standard InChI is InChI=1S/C14H16N4O3/c1-18-7-6-12(17-18)14(19)16-15-9-10-8-11(20-2)4-5-13(10)21-3/h4-9H,1-3H3,(H,16,19)/b15-9-. The average molecular weight is 288 g/mol. The van der Waals surface area contributed by atoms with Gasteiger partial charge in [-0.2, -0.15) is 10.2 Å². The summed E-state index contributed by atoms with van der Waals surface area (Å²) in [5.41, 5.74) is 3.40. The number of carbonyl (C=O) groups is 1. The maximum absolute atomic E-state index is 11.8. The summed E-state index contributed by atoms with van der Waals surface area (Å²) in [6.45, 7) is 0. The van der Waals surface area contributed by atoms with E-state index in [1.807, 2.05) is 0 Å². The fourth-order valence-corrected chi connectivity index (χ4v) is 1.69. The van der Waals surface area contributed by atoms with Gasteiger partial charge in [0.25, 0.3) is 5.91 Å². The molecule has 1 heterocycles. The molecule has 0 saturated heterocycles. The van der Waals surface area contributed by atoms with Gasteiger partial charge in [0.05, 0.1) is 20.4 Å². The summed E-state index contributed by atoms with van der Waals surface area (Å²) >= 11 is 0. The molecule has 0 fully saturated rings. The number of aryl methyl sites for hydroxylation is 1. The van der Waals surface area contributed by atoms with E-state index < -0.39 is 0 Å². The third kappa shape index (κ3) is 3.59. The van der Waals surface area contributed by atoms with Gasteiger partial charge < -0.3 is 9.47 Å². The van der Waals surface area contributed by atoms with E-state index in [-0.39, 0.29) is 5.91 Å². The normalized spacial score (nSPS) is 10.6. The minimum Gasteiger partial charge on any atom is -0.497 e. The molecule has 0 unspecified atom stereocenters. The van der Waals surface area contributed by atoms with Crippen molar-refractivity contribution in [1.82, 2.24) is 15.2 Å². The maximum atomic E-state index is 11.8. The molecule has 0 bridgehead atoms. The first-order chi connectivity index (χ1) is 10.1. The Balaban J connectivity index is 2.08. The summed E-state index contributed by atoms with van der Waals surface area (Å²) in [6.07, 6.45) is 3.17. The number of carbonyl (C=O) groups excluding carboxylic acids is 1. The quantitative estimate of drug-likeness (QED) is 0.662. The highest BCUT2D eigenvalue weighted by molar-refractivity contribution is 5.93.